The van der Waals surface area contributed by atoms with E-state index in [-0.39, 0.29) is 5.91 Å². The fraction of sp³-hybridized carbons (Fsp3) is 0.280. The average Bonchev–Trinajstić information content (AvgIpc) is 3.33. The molecule has 2 aromatic carbocycles. The first-order chi connectivity index (χ1) is 14.4. The van der Waals surface area contributed by atoms with E-state index in [4.69, 9.17) is 4.98 Å². The molecule has 5 heteroatoms. The molecule has 4 aromatic rings. The van der Waals surface area contributed by atoms with Gasteiger partial charge in [0.05, 0.1) is 5.69 Å². The van der Waals surface area contributed by atoms with Crippen LogP contribution < -0.4 is 0 Å². The number of fused-ring (bicyclic) bond motifs is 1. The third-order valence-electron chi connectivity index (χ3n) is 5.14. The standard InChI is InChI=1S/C25H27N3OS/c1-25(2,3)23(29)27(16-19-10-6-4-7-11-19)15-14-21-18-30-24-26-22(17-28(21)24)20-12-8-5-9-13-20/h4-13,17-18H,14-16H2,1-3H3. The number of carbonyl (C=O) groups is 1. The Balaban J connectivity index is 1.55. The SMILES string of the molecule is CC(C)(C)C(=O)N(CCc1csc2nc(-c3ccccc3)cn12)Cc1ccccc1. The van der Waals surface area contributed by atoms with Crippen LogP contribution in [-0.4, -0.2) is 26.7 Å². The van der Waals surface area contributed by atoms with E-state index < -0.39 is 5.41 Å². The summed E-state index contributed by atoms with van der Waals surface area (Å²) in [5.74, 6) is 0.174. The van der Waals surface area contributed by atoms with E-state index in [0.717, 1.165) is 28.2 Å². The fourth-order valence-corrected chi connectivity index (χ4v) is 4.44. The lowest BCUT2D eigenvalue weighted by Crippen LogP contribution is -2.40. The van der Waals surface area contributed by atoms with Gasteiger partial charge in [-0.2, -0.15) is 0 Å². The Kier molecular flexibility index (Phi) is 5.73. The molecule has 0 unspecified atom stereocenters. The van der Waals surface area contributed by atoms with Crippen molar-refractivity contribution in [2.45, 2.75) is 33.7 Å². The summed E-state index contributed by atoms with van der Waals surface area (Å²) >= 11 is 1.65. The van der Waals surface area contributed by atoms with Gasteiger partial charge in [0.2, 0.25) is 5.91 Å². The highest BCUT2D eigenvalue weighted by molar-refractivity contribution is 7.15. The molecule has 154 valence electrons. The Hall–Kier alpha value is -2.92. The molecule has 0 aliphatic carbocycles. The minimum absolute atomic E-state index is 0.174. The lowest BCUT2D eigenvalue weighted by atomic mass is 9.94. The van der Waals surface area contributed by atoms with Crippen LogP contribution >= 0.6 is 11.3 Å². The molecule has 0 saturated carbocycles. The molecule has 1 amide bonds. The zero-order chi connectivity index (χ0) is 21.1. The summed E-state index contributed by atoms with van der Waals surface area (Å²) in [4.78, 5) is 20.8. The molecule has 2 heterocycles. The van der Waals surface area contributed by atoms with E-state index in [1.165, 1.54) is 5.69 Å². The summed E-state index contributed by atoms with van der Waals surface area (Å²) < 4.78 is 2.16. The molecule has 0 aliphatic heterocycles. The number of benzene rings is 2. The van der Waals surface area contributed by atoms with Crippen molar-refractivity contribution in [1.29, 1.82) is 0 Å². The van der Waals surface area contributed by atoms with Gasteiger partial charge in [-0.1, -0.05) is 81.4 Å². The van der Waals surface area contributed by atoms with Gasteiger partial charge in [-0.3, -0.25) is 9.20 Å². The van der Waals surface area contributed by atoms with Crippen LogP contribution in [0.5, 0.6) is 0 Å². The second-order valence-corrected chi connectivity index (χ2v) is 9.42. The van der Waals surface area contributed by atoms with Crippen LogP contribution in [0.25, 0.3) is 16.2 Å². The summed E-state index contributed by atoms with van der Waals surface area (Å²) in [7, 11) is 0. The van der Waals surface area contributed by atoms with Crippen molar-refractivity contribution < 1.29 is 4.79 Å². The summed E-state index contributed by atoms with van der Waals surface area (Å²) in [5, 5.41) is 2.15. The van der Waals surface area contributed by atoms with Gasteiger partial charge < -0.3 is 4.90 Å². The van der Waals surface area contributed by atoms with Crippen LogP contribution in [0.4, 0.5) is 0 Å². The highest BCUT2D eigenvalue weighted by Gasteiger charge is 2.27. The normalized spacial score (nSPS) is 11.7. The first kappa shape index (κ1) is 20.4. The third kappa shape index (κ3) is 4.46. The Labute approximate surface area is 181 Å². The van der Waals surface area contributed by atoms with Crippen LogP contribution in [0, 0.1) is 5.41 Å². The predicted molar refractivity (Wildman–Crippen MR) is 124 cm³/mol. The number of imidazole rings is 1. The molecule has 0 bridgehead atoms. The Morgan fingerprint density at radius 3 is 2.37 bits per heavy atom. The monoisotopic (exact) mass is 417 g/mol. The molecule has 30 heavy (non-hydrogen) atoms. The molecule has 4 nitrogen and oxygen atoms in total. The maximum Gasteiger partial charge on any atom is 0.228 e. The van der Waals surface area contributed by atoms with Gasteiger partial charge in [-0.25, -0.2) is 4.98 Å². The Morgan fingerprint density at radius 1 is 1.03 bits per heavy atom. The maximum atomic E-state index is 13.1. The zero-order valence-corrected chi connectivity index (χ0v) is 18.5. The highest BCUT2D eigenvalue weighted by Crippen LogP contribution is 2.25. The van der Waals surface area contributed by atoms with Gasteiger partial charge >= 0.3 is 0 Å². The van der Waals surface area contributed by atoms with Crippen molar-refractivity contribution in [3.8, 4) is 11.3 Å². The minimum atomic E-state index is -0.409. The topological polar surface area (TPSA) is 37.6 Å². The molecule has 0 saturated heterocycles. The fourth-order valence-electron chi connectivity index (χ4n) is 3.54. The molecule has 0 aliphatic rings. The van der Waals surface area contributed by atoms with Crippen molar-refractivity contribution in [3.63, 3.8) is 0 Å². The largest absolute Gasteiger partial charge is 0.338 e. The second kappa shape index (κ2) is 8.44. The maximum absolute atomic E-state index is 13.1. The van der Waals surface area contributed by atoms with Gasteiger partial charge in [-0.15, -0.1) is 11.3 Å². The molecule has 4 rings (SSSR count). The van der Waals surface area contributed by atoms with Gasteiger partial charge in [-0.05, 0) is 5.56 Å². The lowest BCUT2D eigenvalue weighted by Gasteiger charge is -2.29. The highest BCUT2D eigenvalue weighted by atomic mass is 32.1. The van der Waals surface area contributed by atoms with Crippen LogP contribution in [0.15, 0.2) is 72.2 Å². The summed E-state index contributed by atoms with van der Waals surface area (Å²) in [5.41, 5.74) is 4.03. The summed E-state index contributed by atoms with van der Waals surface area (Å²) in [6.45, 7) is 7.26. The number of amides is 1. The van der Waals surface area contributed by atoms with Gasteiger partial charge in [0.25, 0.3) is 0 Å². The predicted octanol–water partition coefficient (Wildman–Crippen LogP) is 5.68. The number of hydrogen-bond acceptors (Lipinski definition) is 3. The smallest absolute Gasteiger partial charge is 0.228 e. The minimum Gasteiger partial charge on any atom is -0.338 e. The molecule has 0 N–H and O–H groups in total. The van der Waals surface area contributed by atoms with E-state index in [9.17, 15) is 4.79 Å². The molecule has 0 atom stereocenters. The van der Waals surface area contributed by atoms with Gasteiger partial charge in [0, 0.05) is 47.8 Å². The molecular formula is C25H27N3OS. The number of carbonyl (C=O) groups excluding carboxylic acids is 1. The van der Waals surface area contributed by atoms with E-state index >= 15 is 0 Å². The van der Waals surface area contributed by atoms with Crippen molar-refractivity contribution in [2.75, 3.05) is 6.54 Å². The Bertz CT molecular complexity index is 1120. The van der Waals surface area contributed by atoms with E-state index in [0.29, 0.717) is 13.1 Å². The molecule has 0 fully saturated rings. The number of thiazole rings is 1. The molecule has 2 aromatic heterocycles. The molecule has 0 radical (unpaired) electrons. The Morgan fingerprint density at radius 2 is 1.70 bits per heavy atom. The first-order valence-corrected chi connectivity index (χ1v) is 11.1. The second-order valence-electron chi connectivity index (χ2n) is 8.58. The molecule has 0 spiro atoms. The van der Waals surface area contributed by atoms with Crippen LogP contribution in [0.3, 0.4) is 0 Å². The summed E-state index contributed by atoms with van der Waals surface area (Å²) in [6, 6.07) is 20.4. The zero-order valence-electron chi connectivity index (χ0n) is 17.7. The number of rotatable bonds is 6. The van der Waals surface area contributed by atoms with Crippen molar-refractivity contribution in [3.05, 3.63) is 83.5 Å². The summed E-state index contributed by atoms with van der Waals surface area (Å²) in [6.07, 6.45) is 2.89. The van der Waals surface area contributed by atoms with E-state index in [2.05, 4.69) is 40.2 Å². The van der Waals surface area contributed by atoms with Gasteiger partial charge in [0.15, 0.2) is 4.96 Å². The number of hydrogen-bond donors (Lipinski definition) is 0. The number of aromatic nitrogens is 2. The first-order valence-electron chi connectivity index (χ1n) is 10.3. The average molecular weight is 418 g/mol. The van der Waals surface area contributed by atoms with Crippen LogP contribution in [0.2, 0.25) is 0 Å². The number of nitrogens with zero attached hydrogens (tertiary/aromatic N) is 3. The van der Waals surface area contributed by atoms with Crippen molar-refractivity contribution in [1.82, 2.24) is 14.3 Å². The van der Waals surface area contributed by atoms with Crippen LogP contribution in [0.1, 0.15) is 32.0 Å². The van der Waals surface area contributed by atoms with E-state index in [1.807, 2.05) is 62.1 Å². The third-order valence-corrected chi connectivity index (χ3v) is 6.02. The molecular weight excluding hydrogens is 390 g/mol. The van der Waals surface area contributed by atoms with Crippen molar-refractivity contribution >= 4 is 22.2 Å². The van der Waals surface area contributed by atoms with Crippen LogP contribution in [-0.2, 0) is 17.8 Å². The van der Waals surface area contributed by atoms with Crippen molar-refractivity contribution in [2.24, 2.45) is 5.41 Å². The van der Waals surface area contributed by atoms with E-state index in [1.54, 1.807) is 11.3 Å². The van der Waals surface area contributed by atoms with Gasteiger partial charge in [0.1, 0.15) is 0 Å². The lowest BCUT2D eigenvalue weighted by molar-refractivity contribution is -0.140. The quantitative estimate of drug-likeness (QED) is 0.405.